The molecule has 3 aromatic heterocycles. The highest BCUT2D eigenvalue weighted by Crippen LogP contribution is 2.54. The fourth-order valence-electron chi connectivity index (χ4n) is 4.44. The minimum Gasteiger partial charge on any atom is -0.369 e. The Labute approximate surface area is 165 Å². The van der Waals surface area contributed by atoms with Crippen LogP contribution in [0.25, 0.3) is 5.52 Å². The van der Waals surface area contributed by atoms with E-state index in [1.165, 1.54) is 0 Å². The SMILES string of the molecule is CC(C)(c1ncc2c(Sc3nccs3)cccn12)N1CC2C(C1)C2C(N)=O. The van der Waals surface area contributed by atoms with Gasteiger partial charge in [0.1, 0.15) is 5.82 Å². The molecule has 0 spiro atoms. The predicted octanol–water partition coefficient (Wildman–Crippen LogP) is 2.84. The summed E-state index contributed by atoms with van der Waals surface area (Å²) < 4.78 is 3.22. The van der Waals surface area contributed by atoms with Crippen molar-refractivity contribution in [3.05, 3.63) is 41.9 Å². The molecule has 2 fully saturated rings. The van der Waals surface area contributed by atoms with Gasteiger partial charge in [0.15, 0.2) is 4.34 Å². The first-order valence-electron chi connectivity index (χ1n) is 9.05. The Hall–Kier alpha value is -1.90. The minimum absolute atomic E-state index is 0.0790. The second-order valence-electron chi connectivity index (χ2n) is 7.83. The molecule has 2 N–H and O–H groups in total. The molecule has 2 aliphatic rings. The fraction of sp³-hybridized carbons (Fsp3) is 0.421. The number of nitrogens with zero attached hydrogens (tertiary/aromatic N) is 4. The summed E-state index contributed by atoms with van der Waals surface area (Å²) >= 11 is 3.32. The average Bonchev–Trinajstić information content (AvgIpc) is 3.11. The Bertz CT molecular complexity index is 1000. The van der Waals surface area contributed by atoms with E-state index in [1.54, 1.807) is 23.1 Å². The van der Waals surface area contributed by atoms with Crippen LogP contribution < -0.4 is 5.73 Å². The van der Waals surface area contributed by atoms with Gasteiger partial charge in [-0.05, 0) is 37.8 Å². The van der Waals surface area contributed by atoms with E-state index in [0.29, 0.717) is 11.8 Å². The van der Waals surface area contributed by atoms with Crippen LogP contribution in [0.2, 0.25) is 0 Å². The van der Waals surface area contributed by atoms with Crippen LogP contribution in [-0.4, -0.2) is 38.3 Å². The van der Waals surface area contributed by atoms with Gasteiger partial charge in [0, 0.05) is 41.7 Å². The Morgan fingerprint density at radius 3 is 2.78 bits per heavy atom. The number of pyridine rings is 1. The van der Waals surface area contributed by atoms with Gasteiger partial charge in [0.2, 0.25) is 5.91 Å². The second-order valence-corrected chi connectivity index (χ2v) is 10.0. The maximum Gasteiger partial charge on any atom is 0.221 e. The Kier molecular flexibility index (Phi) is 3.86. The van der Waals surface area contributed by atoms with Crippen molar-refractivity contribution in [2.75, 3.05) is 13.1 Å². The number of rotatable bonds is 5. The van der Waals surface area contributed by atoms with Crippen LogP contribution in [0.4, 0.5) is 0 Å². The average molecular weight is 400 g/mol. The summed E-state index contributed by atoms with van der Waals surface area (Å²) in [6.07, 6.45) is 5.86. The summed E-state index contributed by atoms with van der Waals surface area (Å²) in [5.41, 5.74) is 6.38. The van der Waals surface area contributed by atoms with E-state index in [0.717, 1.165) is 33.7 Å². The molecule has 1 amide bonds. The Balaban J connectivity index is 1.44. The third-order valence-corrected chi connectivity index (χ3v) is 7.95. The first-order chi connectivity index (χ1) is 13.0. The molecule has 1 saturated heterocycles. The van der Waals surface area contributed by atoms with E-state index in [4.69, 9.17) is 10.7 Å². The van der Waals surface area contributed by atoms with Gasteiger partial charge >= 0.3 is 0 Å². The molecule has 1 saturated carbocycles. The van der Waals surface area contributed by atoms with Crippen LogP contribution in [0.1, 0.15) is 19.7 Å². The number of carbonyl (C=O) groups excluding carboxylic acids is 1. The van der Waals surface area contributed by atoms with Crippen molar-refractivity contribution in [3.8, 4) is 0 Å². The molecule has 8 heteroatoms. The van der Waals surface area contributed by atoms with Crippen LogP contribution in [0.3, 0.4) is 0 Å². The van der Waals surface area contributed by atoms with Gasteiger partial charge in [-0.3, -0.25) is 9.69 Å². The van der Waals surface area contributed by atoms with Crippen LogP contribution in [0, 0.1) is 17.8 Å². The number of fused-ring (bicyclic) bond motifs is 2. The fourth-order valence-corrected chi connectivity index (χ4v) is 6.13. The normalized spacial score (nSPS) is 25.0. The lowest BCUT2D eigenvalue weighted by atomic mass is 10.0. The van der Waals surface area contributed by atoms with E-state index in [1.807, 2.05) is 17.8 Å². The number of imidazole rings is 1. The van der Waals surface area contributed by atoms with Gasteiger partial charge in [-0.15, -0.1) is 11.3 Å². The lowest BCUT2D eigenvalue weighted by Gasteiger charge is -2.36. The summed E-state index contributed by atoms with van der Waals surface area (Å²) in [6, 6.07) is 4.18. The summed E-state index contributed by atoms with van der Waals surface area (Å²) in [6.45, 7) is 6.25. The van der Waals surface area contributed by atoms with E-state index in [9.17, 15) is 4.79 Å². The monoisotopic (exact) mass is 399 g/mol. The van der Waals surface area contributed by atoms with Crippen molar-refractivity contribution in [1.82, 2.24) is 19.3 Å². The number of hydrogen-bond donors (Lipinski definition) is 1. The zero-order valence-electron chi connectivity index (χ0n) is 15.2. The maximum absolute atomic E-state index is 11.5. The number of aromatic nitrogens is 3. The number of carbonyl (C=O) groups is 1. The summed E-state index contributed by atoms with van der Waals surface area (Å²) in [7, 11) is 0. The van der Waals surface area contributed by atoms with Gasteiger partial charge in [-0.1, -0.05) is 11.8 Å². The van der Waals surface area contributed by atoms with Crippen LogP contribution >= 0.6 is 23.1 Å². The van der Waals surface area contributed by atoms with Crippen molar-refractivity contribution >= 4 is 34.5 Å². The van der Waals surface area contributed by atoms with E-state index in [-0.39, 0.29) is 17.4 Å². The summed E-state index contributed by atoms with van der Waals surface area (Å²) in [4.78, 5) is 24.3. The van der Waals surface area contributed by atoms with Crippen LogP contribution in [-0.2, 0) is 10.3 Å². The number of piperidine rings is 1. The molecular formula is C19H21N5OS2. The zero-order valence-corrected chi connectivity index (χ0v) is 16.8. The molecule has 3 aromatic rings. The molecule has 4 heterocycles. The Morgan fingerprint density at radius 1 is 1.33 bits per heavy atom. The first-order valence-corrected chi connectivity index (χ1v) is 10.7. The van der Waals surface area contributed by atoms with Crippen molar-refractivity contribution in [2.24, 2.45) is 23.5 Å². The molecule has 2 unspecified atom stereocenters. The molecule has 0 bridgehead atoms. The molecule has 2 atom stereocenters. The second kappa shape index (κ2) is 6.05. The molecule has 1 aliphatic carbocycles. The van der Waals surface area contributed by atoms with Crippen molar-refractivity contribution in [3.63, 3.8) is 0 Å². The van der Waals surface area contributed by atoms with E-state index in [2.05, 4.69) is 46.5 Å². The lowest BCUT2D eigenvalue weighted by Crippen LogP contribution is -2.43. The highest BCUT2D eigenvalue weighted by atomic mass is 32.2. The van der Waals surface area contributed by atoms with Crippen molar-refractivity contribution < 1.29 is 4.79 Å². The van der Waals surface area contributed by atoms with E-state index >= 15 is 0 Å². The number of hydrogen-bond acceptors (Lipinski definition) is 6. The molecular weight excluding hydrogens is 378 g/mol. The quantitative estimate of drug-likeness (QED) is 0.714. The number of likely N-dealkylation sites (tertiary alicyclic amines) is 1. The number of nitrogens with two attached hydrogens (primary N) is 1. The van der Waals surface area contributed by atoms with Gasteiger partial charge in [0.05, 0.1) is 17.3 Å². The highest BCUT2D eigenvalue weighted by Gasteiger charge is 2.60. The van der Waals surface area contributed by atoms with Gasteiger partial charge < -0.3 is 10.1 Å². The molecule has 0 aromatic carbocycles. The molecule has 140 valence electrons. The molecule has 1 aliphatic heterocycles. The van der Waals surface area contributed by atoms with Gasteiger partial charge in [-0.2, -0.15) is 0 Å². The van der Waals surface area contributed by atoms with E-state index < -0.39 is 0 Å². The summed E-state index contributed by atoms with van der Waals surface area (Å²) in [5, 5.41) is 1.99. The van der Waals surface area contributed by atoms with Crippen LogP contribution in [0.5, 0.6) is 0 Å². The molecule has 5 rings (SSSR count). The summed E-state index contributed by atoms with van der Waals surface area (Å²) in [5.74, 6) is 1.80. The molecule has 0 radical (unpaired) electrons. The highest BCUT2D eigenvalue weighted by molar-refractivity contribution is 8.01. The largest absolute Gasteiger partial charge is 0.369 e. The minimum atomic E-state index is -0.216. The smallest absolute Gasteiger partial charge is 0.221 e. The number of amides is 1. The Morgan fingerprint density at radius 2 is 2.11 bits per heavy atom. The van der Waals surface area contributed by atoms with Gasteiger partial charge in [0.25, 0.3) is 0 Å². The maximum atomic E-state index is 11.5. The topological polar surface area (TPSA) is 76.5 Å². The number of primary amides is 1. The van der Waals surface area contributed by atoms with Crippen LogP contribution in [0.15, 0.2) is 45.3 Å². The first kappa shape index (κ1) is 17.2. The predicted molar refractivity (Wildman–Crippen MR) is 106 cm³/mol. The molecule has 6 nitrogen and oxygen atoms in total. The van der Waals surface area contributed by atoms with Crippen molar-refractivity contribution in [2.45, 2.75) is 28.6 Å². The third kappa shape index (κ3) is 2.69. The molecule has 27 heavy (non-hydrogen) atoms. The standard InChI is InChI=1S/C19H21N5OS2/c1-19(2,23-9-11-12(10-23)15(11)16(20)25)17-22-8-13-14(4-3-6-24(13)17)27-18-21-5-7-26-18/h3-8,11-12,15H,9-10H2,1-2H3,(H2,20,25). The lowest BCUT2D eigenvalue weighted by molar-refractivity contribution is -0.120. The van der Waals surface area contributed by atoms with Gasteiger partial charge in [-0.25, -0.2) is 9.97 Å². The zero-order chi connectivity index (χ0) is 18.8. The number of thiazole rings is 1. The third-order valence-electron chi connectivity index (χ3n) is 6.00. The van der Waals surface area contributed by atoms with Crippen molar-refractivity contribution in [1.29, 1.82) is 0 Å².